The molecule has 1 saturated heterocycles. The van der Waals surface area contributed by atoms with Crippen LogP contribution in [0.25, 0.3) is 0 Å². The van der Waals surface area contributed by atoms with E-state index in [1.165, 1.54) is 12.1 Å². The summed E-state index contributed by atoms with van der Waals surface area (Å²) in [5.74, 6) is -1.39. The third-order valence-corrected chi connectivity index (χ3v) is 9.12. The Morgan fingerprint density at radius 3 is 2.20 bits per heavy atom. The number of fused-ring (bicyclic) bond motifs is 2. The van der Waals surface area contributed by atoms with E-state index in [1.54, 1.807) is 41.3 Å². The molecular formula is C33H32FN9O3. The molecule has 13 heteroatoms. The van der Waals surface area contributed by atoms with Gasteiger partial charge >= 0.3 is 0 Å². The molecule has 0 spiro atoms. The second-order valence-electron chi connectivity index (χ2n) is 11.7. The first kappa shape index (κ1) is 30.5. The van der Waals surface area contributed by atoms with Crippen molar-refractivity contribution in [2.75, 3.05) is 13.1 Å². The van der Waals surface area contributed by atoms with Crippen molar-refractivity contribution >= 4 is 17.7 Å². The quantitative estimate of drug-likeness (QED) is 0.218. The summed E-state index contributed by atoms with van der Waals surface area (Å²) in [6.07, 6.45) is 2.62. The number of hydrogen-bond donors (Lipinski definition) is 4. The molecule has 0 unspecified atom stereocenters. The van der Waals surface area contributed by atoms with Crippen LogP contribution in [0.3, 0.4) is 0 Å². The van der Waals surface area contributed by atoms with Crippen LogP contribution in [-0.2, 0) is 23.1 Å². The Bertz CT molecular complexity index is 1770. The number of primary amides is 2. The minimum absolute atomic E-state index is 0.0775. The lowest BCUT2D eigenvalue weighted by atomic mass is 9.67. The Labute approximate surface area is 264 Å². The molecule has 4 aromatic rings. The van der Waals surface area contributed by atoms with Crippen molar-refractivity contribution in [1.82, 2.24) is 30.8 Å². The van der Waals surface area contributed by atoms with Crippen LogP contribution in [0.15, 0.2) is 60.7 Å². The summed E-state index contributed by atoms with van der Waals surface area (Å²) in [6.45, 7) is 0.421. The van der Waals surface area contributed by atoms with Crippen molar-refractivity contribution in [2.45, 2.75) is 49.6 Å². The molecule has 2 aliphatic rings. The van der Waals surface area contributed by atoms with Crippen molar-refractivity contribution < 1.29 is 18.8 Å². The number of amides is 3. The van der Waals surface area contributed by atoms with Gasteiger partial charge in [-0.3, -0.25) is 14.4 Å². The fourth-order valence-electron chi connectivity index (χ4n) is 6.89. The lowest BCUT2D eigenvalue weighted by Crippen LogP contribution is -2.43. The van der Waals surface area contributed by atoms with Crippen molar-refractivity contribution in [1.29, 1.82) is 5.26 Å². The number of nitrogens with two attached hydrogens (primary N) is 2. The summed E-state index contributed by atoms with van der Waals surface area (Å²) in [4.78, 5) is 39.4. The largest absolute Gasteiger partial charge is 0.366 e. The van der Waals surface area contributed by atoms with Gasteiger partial charge in [-0.05, 0) is 107 Å². The molecule has 6 N–H and O–H groups in total. The minimum Gasteiger partial charge on any atom is -0.366 e. The maximum Gasteiger partial charge on any atom is 0.248 e. The molecular weight excluding hydrogens is 589 g/mol. The standard InChI is InChI=1S/C33H32FN9O3/c34-24-9-5-19(6-10-24)28(38-18-29(44)43-13-1-2-25(43)17-35)16-33(32-39-41-42-40-32)26-11-7-22(30(36)45)14-20(26)3-4-21-15-23(31(37)46)8-12-27(21)33/h5-12,14-15,25,28,38H,1-4,13,16,18H2,(H2,36,45)(H2,37,46)(H,39,40,41,42)/t25-,28+/m0/s1. The molecule has 3 aromatic carbocycles. The fourth-order valence-corrected chi connectivity index (χ4v) is 6.89. The van der Waals surface area contributed by atoms with Gasteiger partial charge in [0.05, 0.1) is 18.0 Å². The van der Waals surface area contributed by atoms with Gasteiger partial charge in [-0.15, -0.1) is 5.10 Å². The van der Waals surface area contributed by atoms with Gasteiger partial charge in [-0.2, -0.15) is 5.26 Å². The molecule has 0 radical (unpaired) electrons. The predicted molar refractivity (Wildman–Crippen MR) is 163 cm³/mol. The smallest absolute Gasteiger partial charge is 0.248 e. The Hall–Kier alpha value is -5.48. The molecule has 6 rings (SSSR count). The highest BCUT2D eigenvalue weighted by Crippen LogP contribution is 2.49. The second-order valence-corrected chi connectivity index (χ2v) is 11.7. The van der Waals surface area contributed by atoms with Gasteiger partial charge in [0.1, 0.15) is 11.9 Å². The first-order chi connectivity index (χ1) is 22.2. The Balaban J connectivity index is 1.53. The SMILES string of the molecule is N#C[C@@H]1CCCN1C(=O)CN[C@H](CC1(c2nnn[nH]2)c2ccc(C(N)=O)cc2CCc2cc(C(N)=O)ccc21)c1ccc(F)cc1. The zero-order valence-electron chi connectivity index (χ0n) is 24.9. The van der Waals surface area contributed by atoms with E-state index in [0.717, 1.165) is 28.7 Å². The molecule has 234 valence electrons. The Kier molecular flexibility index (Phi) is 8.29. The maximum absolute atomic E-state index is 14.1. The van der Waals surface area contributed by atoms with Gasteiger partial charge in [0, 0.05) is 23.7 Å². The molecule has 2 heterocycles. The first-order valence-corrected chi connectivity index (χ1v) is 15.0. The number of nitrogens with one attached hydrogen (secondary N) is 2. The van der Waals surface area contributed by atoms with Gasteiger partial charge in [-0.1, -0.05) is 24.3 Å². The average Bonchev–Trinajstić information content (AvgIpc) is 3.75. The molecule has 0 bridgehead atoms. The van der Waals surface area contributed by atoms with Crippen LogP contribution in [0.1, 0.15) is 79.7 Å². The number of halogens is 1. The number of benzene rings is 3. The van der Waals surface area contributed by atoms with Gasteiger partial charge in [0.25, 0.3) is 0 Å². The molecule has 1 aliphatic carbocycles. The molecule has 3 amide bonds. The highest BCUT2D eigenvalue weighted by atomic mass is 19.1. The van der Waals surface area contributed by atoms with Crippen LogP contribution >= 0.6 is 0 Å². The Morgan fingerprint density at radius 1 is 1.02 bits per heavy atom. The highest BCUT2D eigenvalue weighted by Gasteiger charge is 2.46. The normalized spacial score (nSPS) is 17.3. The molecule has 0 saturated carbocycles. The zero-order valence-corrected chi connectivity index (χ0v) is 24.9. The van der Waals surface area contributed by atoms with Crippen LogP contribution in [0, 0.1) is 17.1 Å². The van der Waals surface area contributed by atoms with Crippen LogP contribution in [0.5, 0.6) is 0 Å². The molecule has 2 atom stereocenters. The molecule has 1 fully saturated rings. The number of rotatable bonds is 9. The third-order valence-electron chi connectivity index (χ3n) is 9.12. The number of aryl methyl sites for hydroxylation is 2. The van der Waals surface area contributed by atoms with E-state index < -0.39 is 35.1 Å². The number of carbonyl (C=O) groups excluding carboxylic acids is 3. The van der Waals surface area contributed by atoms with E-state index in [0.29, 0.717) is 48.3 Å². The van der Waals surface area contributed by atoms with Crippen LogP contribution in [0.4, 0.5) is 4.39 Å². The number of carbonyl (C=O) groups is 3. The molecule has 46 heavy (non-hydrogen) atoms. The lowest BCUT2D eigenvalue weighted by molar-refractivity contribution is -0.130. The number of aromatic amines is 1. The van der Waals surface area contributed by atoms with E-state index in [4.69, 9.17) is 11.5 Å². The van der Waals surface area contributed by atoms with Crippen LogP contribution in [-0.4, -0.2) is 62.4 Å². The molecule has 12 nitrogen and oxygen atoms in total. The highest BCUT2D eigenvalue weighted by molar-refractivity contribution is 5.94. The monoisotopic (exact) mass is 621 g/mol. The molecule has 1 aliphatic heterocycles. The third kappa shape index (κ3) is 5.59. The summed E-state index contributed by atoms with van der Waals surface area (Å²) >= 11 is 0. The summed E-state index contributed by atoms with van der Waals surface area (Å²) in [5, 5.41) is 28.2. The van der Waals surface area contributed by atoms with E-state index in [-0.39, 0.29) is 18.9 Å². The van der Waals surface area contributed by atoms with Crippen molar-refractivity contribution in [3.63, 3.8) is 0 Å². The van der Waals surface area contributed by atoms with E-state index in [1.807, 2.05) is 12.1 Å². The maximum atomic E-state index is 14.1. The predicted octanol–water partition coefficient (Wildman–Crippen LogP) is 2.21. The summed E-state index contributed by atoms with van der Waals surface area (Å²) in [7, 11) is 0. The van der Waals surface area contributed by atoms with Crippen molar-refractivity contribution in [3.05, 3.63) is 111 Å². The number of nitriles is 1. The second kappa shape index (κ2) is 12.5. The van der Waals surface area contributed by atoms with Gasteiger partial charge in [0.2, 0.25) is 17.7 Å². The number of H-pyrrole nitrogens is 1. The summed E-state index contributed by atoms with van der Waals surface area (Å²) in [6, 6.07) is 17.7. The Morgan fingerprint density at radius 2 is 1.65 bits per heavy atom. The van der Waals surface area contributed by atoms with Gasteiger partial charge < -0.3 is 21.7 Å². The van der Waals surface area contributed by atoms with E-state index in [9.17, 15) is 24.0 Å². The number of hydrogen-bond acceptors (Lipinski definition) is 8. The fraction of sp³-hybridized carbons (Fsp3) is 0.303. The topological polar surface area (TPSA) is 197 Å². The first-order valence-electron chi connectivity index (χ1n) is 15.0. The lowest BCUT2D eigenvalue weighted by Gasteiger charge is -2.38. The van der Waals surface area contributed by atoms with E-state index in [2.05, 4.69) is 32.0 Å². The summed E-state index contributed by atoms with van der Waals surface area (Å²) in [5.41, 5.74) is 14.8. The van der Waals surface area contributed by atoms with Crippen LogP contribution < -0.4 is 16.8 Å². The number of nitrogens with zero attached hydrogens (tertiary/aromatic N) is 5. The van der Waals surface area contributed by atoms with Crippen molar-refractivity contribution in [2.24, 2.45) is 11.5 Å². The molecule has 1 aromatic heterocycles. The van der Waals surface area contributed by atoms with E-state index >= 15 is 0 Å². The van der Waals surface area contributed by atoms with Gasteiger partial charge in [-0.25, -0.2) is 9.49 Å². The van der Waals surface area contributed by atoms with Gasteiger partial charge in [0.15, 0.2) is 5.82 Å². The summed E-state index contributed by atoms with van der Waals surface area (Å²) < 4.78 is 14.1. The number of tetrazole rings is 1. The van der Waals surface area contributed by atoms with Crippen molar-refractivity contribution in [3.8, 4) is 6.07 Å². The number of aromatic nitrogens is 4. The zero-order chi connectivity index (χ0) is 32.4. The van der Waals surface area contributed by atoms with Crippen LogP contribution in [0.2, 0.25) is 0 Å². The average molecular weight is 622 g/mol. The minimum atomic E-state index is -1.12. The number of likely N-dealkylation sites (tertiary alicyclic amines) is 1.